The topological polar surface area (TPSA) is 88.2 Å². The molecule has 1 aliphatic rings. The fourth-order valence-corrected chi connectivity index (χ4v) is 1.67. The van der Waals surface area contributed by atoms with Gasteiger partial charge in [-0.05, 0) is 39.5 Å². The van der Waals surface area contributed by atoms with Crippen molar-refractivity contribution in [3.8, 4) is 0 Å². The highest BCUT2D eigenvalue weighted by Gasteiger charge is 2.40. The van der Waals surface area contributed by atoms with Gasteiger partial charge in [0.1, 0.15) is 5.60 Å². The molecule has 1 amide bonds. The van der Waals surface area contributed by atoms with Gasteiger partial charge in [0.2, 0.25) is 0 Å². The molecule has 17 heavy (non-hydrogen) atoms. The zero-order chi connectivity index (χ0) is 13.2. The molecule has 98 valence electrons. The first-order valence-electron chi connectivity index (χ1n) is 5.69. The predicted octanol–water partition coefficient (Wildman–Crippen LogP) is 1.38. The average Bonchev–Trinajstić information content (AvgIpc) is 2.99. The van der Waals surface area contributed by atoms with Crippen molar-refractivity contribution in [2.45, 2.75) is 45.3 Å². The van der Waals surface area contributed by atoms with E-state index >= 15 is 0 Å². The van der Waals surface area contributed by atoms with E-state index in [1.807, 2.05) is 0 Å². The minimum absolute atomic E-state index is 0.0564. The summed E-state index contributed by atoms with van der Waals surface area (Å²) >= 11 is 0. The molecule has 0 aromatic heterocycles. The van der Waals surface area contributed by atoms with Crippen LogP contribution in [0.5, 0.6) is 0 Å². The number of ether oxygens (including phenoxy) is 1. The van der Waals surface area contributed by atoms with Crippen molar-refractivity contribution < 1.29 is 14.7 Å². The van der Waals surface area contributed by atoms with E-state index in [1.54, 1.807) is 27.8 Å². The molecule has 0 bridgehead atoms. The third kappa shape index (κ3) is 3.80. The number of nitrogens with zero attached hydrogens (tertiary/aromatic N) is 2. The molecule has 1 saturated carbocycles. The van der Waals surface area contributed by atoms with E-state index in [0.29, 0.717) is 0 Å². The second kappa shape index (κ2) is 4.81. The largest absolute Gasteiger partial charge is 0.444 e. The first-order chi connectivity index (χ1) is 7.76. The summed E-state index contributed by atoms with van der Waals surface area (Å²) in [6.07, 6.45) is 1.50. The Hall–Kier alpha value is -1.46. The zero-order valence-electron chi connectivity index (χ0n) is 10.8. The number of amidine groups is 1. The van der Waals surface area contributed by atoms with Gasteiger partial charge in [0, 0.05) is 7.05 Å². The molecule has 3 N–H and O–H groups in total. The second-order valence-electron chi connectivity index (χ2n) is 5.40. The standard InChI is InChI=1S/C11H21N3O3/c1-11(2,3)17-10(15)14(4)8(7-5-6-7)9(12)13-16/h7-8,16H,5-6H2,1-4H3,(H2,12,13)/t8-/m1/s1. The van der Waals surface area contributed by atoms with Crippen molar-refractivity contribution >= 4 is 11.9 Å². The molecule has 1 atom stereocenters. The van der Waals surface area contributed by atoms with Crippen LogP contribution in [0.4, 0.5) is 4.79 Å². The van der Waals surface area contributed by atoms with Crippen LogP contribution in [0, 0.1) is 5.92 Å². The number of nitrogens with two attached hydrogens (primary N) is 1. The molecule has 0 aliphatic heterocycles. The predicted molar refractivity (Wildman–Crippen MR) is 63.9 cm³/mol. The number of carbonyl (C=O) groups is 1. The highest BCUT2D eigenvalue weighted by Crippen LogP contribution is 2.35. The third-order valence-electron chi connectivity index (χ3n) is 2.59. The van der Waals surface area contributed by atoms with Crippen LogP contribution in [0.1, 0.15) is 33.6 Å². The van der Waals surface area contributed by atoms with Crippen molar-refractivity contribution in [1.82, 2.24) is 4.90 Å². The Labute approximate surface area is 101 Å². The molecule has 0 radical (unpaired) electrons. The molecule has 6 nitrogen and oxygen atoms in total. The fourth-order valence-electron chi connectivity index (χ4n) is 1.67. The van der Waals surface area contributed by atoms with Crippen molar-refractivity contribution in [2.75, 3.05) is 7.05 Å². The number of rotatable bonds is 3. The van der Waals surface area contributed by atoms with Gasteiger partial charge < -0.3 is 20.6 Å². The Kier molecular flexibility index (Phi) is 3.85. The van der Waals surface area contributed by atoms with Gasteiger partial charge >= 0.3 is 6.09 Å². The van der Waals surface area contributed by atoms with Crippen molar-refractivity contribution in [3.63, 3.8) is 0 Å². The van der Waals surface area contributed by atoms with Crippen LogP contribution in [0.3, 0.4) is 0 Å². The number of oxime groups is 1. The first kappa shape index (κ1) is 13.6. The van der Waals surface area contributed by atoms with Crippen molar-refractivity contribution in [1.29, 1.82) is 0 Å². The van der Waals surface area contributed by atoms with Gasteiger partial charge in [-0.3, -0.25) is 0 Å². The summed E-state index contributed by atoms with van der Waals surface area (Å²) in [5.41, 5.74) is 5.06. The van der Waals surface area contributed by atoms with E-state index in [2.05, 4.69) is 5.16 Å². The number of carbonyl (C=O) groups excluding carboxylic acids is 1. The summed E-state index contributed by atoms with van der Waals surface area (Å²) < 4.78 is 5.25. The lowest BCUT2D eigenvalue weighted by Crippen LogP contribution is -2.48. The fraction of sp³-hybridized carbons (Fsp3) is 0.818. The quantitative estimate of drug-likeness (QED) is 0.339. The smallest absolute Gasteiger partial charge is 0.410 e. The minimum atomic E-state index is -0.551. The lowest BCUT2D eigenvalue weighted by molar-refractivity contribution is 0.0251. The number of hydrogen-bond donors (Lipinski definition) is 2. The van der Waals surface area contributed by atoms with Crippen LogP contribution in [0.2, 0.25) is 0 Å². The van der Waals surface area contributed by atoms with Gasteiger partial charge in [0.15, 0.2) is 5.84 Å². The first-order valence-corrected chi connectivity index (χ1v) is 5.69. The average molecular weight is 243 g/mol. The van der Waals surface area contributed by atoms with Gasteiger partial charge in [-0.25, -0.2) is 4.79 Å². The SMILES string of the molecule is CN(C(=O)OC(C)(C)C)[C@@H](C(N)=NO)C1CC1. The van der Waals surface area contributed by atoms with Gasteiger partial charge in [-0.15, -0.1) is 0 Å². The Morgan fingerprint density at radius 2 is 2.06 bits per heavy atom. The molecule has 0 saturated heterocycles. The molecular formula is C11H21N3O3. The molecule has 0 heterocycles. The van der Waals surface area contributed by atoms with Crippen LogP contribution in [-0.2, 0) is 4.74 Å². The maximum absolute atomic E-state index is 11.9. The molecule has 0 aromatic carbocycles. The van der Waals surface area contributed by atoms with E-state index in [4.69, 9.17) is 15.7 Å². The van der Waals surface area contributed by atoms with E-state index in [0.717, 1.165) is 12.8 Å². The molecule has 0 unspecified atom stereocenters. The maximum atomic E-state index is 11.9. The Balaban J connectivity index is 2.71. The molecule has 1 aliphatic carbocycles. The maximum Gasteiger partial charge on any atom is 0.410 e. The lowest BCUT2D eigenvalue weighted by Gasteiger charge is -2.30. The molecule has 1 rings (SSSR count). The molecule has 0 aromatic rings. The van der Waals surface area contributed by atoms with Gasteiger partial charge in [0.25, 0.3) is 0 Å². The molecule has 0 spiro atoms. The molecule has 6 heteroatoms. The van der Waals surface area contributed by atoms with Crippen molar-refractivity contribution in [2.24, 2.45) is 16.8 Å². The molecular weight excluding hydrogens is 222 g/mol. The third-order valence-corrected chi connectivity index (χ3v) is 2.59. The molecule has 1 fully saturated rings. The Bertz CT molecular complexity index is 318. The normalized spacial score (nSPS) is 18.7. The van der Waals surface area contributed by atoms with E-state index in [1.165, 1.54) is 4.90 Å². The van der Waals surface area contributed by atoms with E-state index in [-0.39, 0.29) is 17.8 Å². The Morgan fingerprint density at radius 3 is 2.41 bits per heavy atom. The van der Waals surface area contributed by atoms with E-state index in [9.17, 15) is 4.79 Å². The summed E-state index contributed by atoms with van der Waals surface area (Å²) in [7, 11) is 1.61. The van der Waals surface area contributed by atoms with Crippen LogP contribution >= 0.6 is 0 Å². The van der Waals surface area contributed by atoms with Crippen molar-refractivity contribution in [3.05, 3.63) is 0 Å². The highest BCUT2D eigenvalue weighted by atomic mass is 16.6. The van der Waals surface area contributed by atoms with Crippen LogP contribution < -0.4 is 5.73 Å². The van der Waals surface area contributed by atoms with E-state index < -0.39 is 11.7 Å². The summed E-state index contributed by atoms with van der Waals surface area (Å²) in [5, 5.41) is 11.7. The second-order valence-corrected chi connectivity index (χ2v) is 5.40. The van der Waals surface area contributed by atoms with Gasteiger partial charge in [-0.2, -0.15) is 0 Å². The summed E-state index contributed by atoms with van der Waals surface area (Å²) in [6, 6.07) is -0.380. The number of hydrogen-bond acceptors (Lipinski definition) is 4. The summed E-state index contributed by atoms with van der Waals surface area (Å²) in [4.78, 5) is 13.3. The van der Waals surface area contributed by atoms with Crippen LogP contribution in [0.25, 0.3) is 0 Å². The Morgan fingerprint density at radius 1 is 1.53 bits per heavy atom. The number of amides is 1. The minimum Gasteiger partial charge on any atom is -0.444 e. The van der Waals surface area contributed by atoms with Gasteiger partial charge in [-0.1, -0.05) is 5.16 Å². The van der Waals surface area contributed by atoms with Crippen LogP contribution in [-0.4, -0.2) is 40.7 Å². The highest BCUT2D eigenvalue weighted by molar-refractivity contribution is 5.89. The van der Waals surface area contributed by atoms with Crippen LogP contribution in [0.15, 0.2) is 5.16 Å². The number of likely N-dealkylation sites (N-methyl/N-ethyl adjacent to an activating group) is 1. The van der Waals surface area contributed by atoms with Gasteiger partial charge in [0.05, 0.1) is 6.04 Å². The summed E-state index contributed by atoms with van der Waals surface area (Å²) in [5.74, 6) is 0.323. The zero-order valence-corrected chi connectivity index (χ0v) is 10.8. The lowest BCUT2D eigenvalue weighted by atomic mass is 10.1. The summed E-state index contributed by atoms with van der Waals surface area (Å²) in [6.45, 7) is 5.40. The monoisotopic (exact) mass is 243 g/mol.